The fourth-order valence-corrected chi connectivity index (χ4v) is 3.60. The predicted octanol–water partition coefficient (Wildman–Crippen LogP) is 0.905. The van der Waals surface area contributed by atoms with Gasteiger partial charge in [0.05, 0.1) is 18.6 Å². The van der Waals surface area contributed by atoms with Crippen molar-refractivity contribution >= 4 is 9.84 Å². The summed E-state index contributed by atoms with van der Waals surface area (Å²) in [5, 5.41) is 0. The van der Waals surface area contributed by atoms with Crippen LogP contribution in [0, 0.1) is 0 Å². The van der Waals surface area contributed by atoms with E-state index < -0.39 is 9.84 Å². The minimum absolute atomic E-state index is 0.0638. The van der Waals surface area contributed by atoms with Gasteiger partial charge in [-0.25, -0.2) is 8.42 Å². The summed E-state index contributed by atoms with van der Waals surface area (Å²) in [4.78, 5) is 0. The lowest BCUT2D eigenvalue weighted by Crippen LogP contribution is -2.45. The van der Waals surface area contributed by atoms with Crippen molar-refractivity contribution in [2.75, 3.05) is 18.6 Å². The molecule has 0 radical (unpaired) electrons. The summed E-state index contributed by atoms with van der Waals surface area (Å²) in [5.41, 5.74) is 7.16. The fraction of sp³-hybridized carbons (Fsp3) is 0.571. The Hall–Kier alpha value is -1.27. The Morgan fingerprint density at radius 2 is 2.00 bits per heavy atom. The van der Waals surface area contributed by atoms with Crippen molar-refractivity contribution in [3.63, 3.8) is 0 Å². The van der Waals surface area contributed by atoms with Crippen LogP contribution >= 0.6 is 0 Å². The van der Waals surface area contributed by atoms with Crippen LogP contribution in [0.2, 0.25) is 0 Å². The molecule has 5 nitrogen and oxygen atoms in total. The maximum absolute atomic E-state index is 11.2. The number of nitrogens with two attached hydrogens (primary N) is 1. The molecule has 1 aliphatic carbocycles. The topological polar surface area (TPSA) is 78.6 Å². The average molecular weight is 297 g/mol. The first kappa shape index (κ1) is 13.7. The Bertz CT molecular complexity index is 610. The van der Waals surface area contributed by atoms with E-state index >= 15 is 0 Å². The lowest BCUT2D eigenvalue weighted by Gasteiger charge is -2.27. The number of sulfone groups is 1. The predicted molar refractivity (Wildman–Crippen MR) is 75.9 cm³/mol. The monoisotopic (exact) mass is 297 g/mol. The van der Waals surface area contributed by atoms with Crippen LogP contribution < -0.4 is 15.2 Å². The van der Waals surface area contributed by atoms with Gasteiger partial charge >= 0.3 is 0 Å². The molecule has 110 valence electrons. The smallest absolute Gasteiger partial charge is 0.161 e. The number of benzene rings is 1. The van der Waals surface area contributed by atoms with Gasteiger partial charge in [-0.3, -0.25) is 0 Å². The van der Waals surface area contributed by atoms with Gasteiger partial charge < -0.3 is 15.2 Å². The van der Waals surface area contributed by atoms with E-state index in [9.17, 15) is 8.42 Å². The molecule has 0 atom stereocenters. The molecule has 2 fully saturated rings. The molecule has 1 aromatic rings. The van der Waals surface area contributed by atoms with Crippen molar-refractivity contribution in [3.8, 4) is 11.5 Å². The molecule has 1 aromatic carbocycles. The Kier molecular flexibility index (Phi) is 3.17. The Morgan fingerprint density at radius 1 is 1.30 bits per heavy atom. The minimum atomic E-state index is -2.89. The number of rotatable bonds is 5. The molecule has 0 bridgehead atoms. The Labute approximate surface area is 119 Å². The normalized spacial score (nSPS) is 22.9. The lowest BCUT2D eigenvalue weighted by atomic mass is 10.0. The molecule has 1 saturated carbocycles. The quantitative estimate of drug-likeness (QED) is 0.874. The second kappa shape index (κ2) is 4.63. The van der Waals surface area contributed by atoms with Crippen molar-refractivity contribution in [3.05, 3.63) is 23.8 Å². The van der Waals surface area contributed by atoms with E-state index in [2.05, 4.69) is 0 Å². The first-order valence-electron chi connectivity index (χ1n) is 6.72. The second-order valence-electron chi connectivity index (χ2n) is 5.84. The molecule has 6 heteroatoms. The summed E-state index contributed by atoms with van der Waals surface area (Å²) in [6.07, 6.45) is 2.65. The molecule has 20 heavy (non-hydrogen) atoms. The average Bonchev–Trinajstić information content (AvgIpc) is 3.05. The Morgan fingerprint density at radius 3 is 2.55 bits per heavy atom. The number of methoxy groups -OCH3 is 1. The maximum Gasteiger partial charge on any atom is 0.161 e. The van der Waals surface area contributed by atoms with Crippen molar-refractivity contribution in [1.82, 2.24) is 0 Å². The largest absolute Gasteiger partial charge is 0.493 e. The molecule has 1 aliphatic heterocycles. The van der Waals surface area contributed by atoms with E-state index in [1.165, 1.54) is 0 Å². The lowest BCUT2D eigenvalue weighted by molar-refractivity contribution is 0.219. The molecule has 2 aliphatic rings. The van der Waals surface area contributed by atoms with E-state index in [1.807, 2.05) is 18.2 Å². The number of hydrogen-bond donors (Lipinski definition) is 1. The highest BCUT2D eigenvalue weighted by atomic mass is 32.2. The second-order valence-corrected chi connectivity index (χ2v) is 7.99. The highest BCUT2D eigenvalue weighted by Crippen LogP contribution is 2.38. The van der Waals surface area contributed by atoms with Gasteiger partial charge in [0, 0.05) is 5.54 Å². The summed E-state index contributed by atoms with van der Waals surface area (Å²) in [7, 11) is -1.31. The minimum Gasteiger partial charge on any atom is -0.493 e. The van der Waals surface area contributed by atoms with E-state index in [0.717, 1.165) is 24.8 Å². The summed E-state index contributed by atoms with van der Waals surface area (Å²) < 4.78 is 33.4. The van der Waals surface area contributed by atoms with Crippen LogP contribution in [0.4, 0.5) is 0 Å². The van der Waals surface area contributed by atoms with E-state index in [4.69, 9.17) is 15.2 Å². The van der Waals surface area contributed by atoms with Crippen molar-refractivity contribution in [1.29, 1.82) is 0 Å². The zero-order valence-corrected chi connectivity index (χ0v) is 12.3. The molecule has 0 aromatic heterocycles. The van der Waals surface area contributed by atoms with Crippen LogP contribution in [0.3, 0.4) is 0 Å². The third-order valence-electron chi connectivity index (χ3n) is 3.85. The highest BCUT2D eigenvalue weighted by molar-refractivity contribution is 7.92. The zero-order valence-electron chi connectivity index (χ0n) is 11.5. The maximum atomic E-state index is 11.2. The van der Waals surface area contributed by atoms with Crippen LogP contribution in [0.25, 0.3) is 0 Å². The molecule has 0 unspecified atom stereocenters. The van der Waals surface area contributed by atoms with E-state index in [1.54, 1.807) is 7.11 Å². The summed E-state index contributed by atoms with van der Waals surface area (Å²) in [5.74, 6) is 1.40. The van der Waals surface area contributed by atoms with Gasteiger partial charge in [0.2, 0.25) is 0 Å². The Balaban J connectivity index is 1.75. The molecule has 0 amide bonds. The molecule has 0 spiro atoms. The van der Waals surface area contributed by atoms with Gasteiger partial charge in [0.25, 0.3) is 0 Å². The zero-order chi connectivity index (χ0) is 14.4. The van der Waals surface area contributed by atoms with Gasteiger partial charge in [0.1, 0.15) is 6.10 Å². The molecular weight excluding hydrogens is 278 g/mol. The van der Waals surface area contributed by atoms with Gasteiger partial charge in [-0.1, -0.05) is 6.07 Å². The molecule has 1 saturated heterocycles. The first-order chi connectivity index (χ1) is 9.39. The van der Waals surface area contributed by atoms with E-state index in [-0.39, 0.29) is 23.1 Å². The van der Waals surface area contributed by atoms with Gasteiger partial charge in [0.15, 0.2) is 21.3 Å². The van der Waals surface area contributed by atoms with Crippen LogP contribution in [-0.2, 0) is 16.3 Å². The SMILES string of the molecule is COc1ccc(CC2(N)CC2)cc1OC1CS(=O)(=O)C1. The standard InChI is InChI=1S/C14H19NO4S/c1-18-12-3-2-10(7-14(15)4-5-14)6-13(12)19-11-8-20(16,17)9-11/h2-3,6,11H,4-5,7-9,15H2,1H3. The summed E-state index contributed by atoms with van der Waals surface area (Å²) in [6.45, 7) is 0. The fourth-order valence-electron chi connectivity index (χ4n) is 2.43. The van der Waals surface area contributed by atoms with Crippen molar-refractivity contribution in [2.45, 2.75) is 30.9 Å². The van der Waals surface area contributed by atoms with Crippen LogP contribution in [-0.4, -0.2) is 38.7 Å². The van der Waals surface area contributed by atoms with Crippen molar-refractivity contribution < 1.29 is 17.9 Å². The van der Waals surface area contributed by atoms with Crippen LogP contribution in [0.15, 0.2) is 18.2 Å². The molecule has 2 N–H and O–H groups in total. The summed E-state index contributed by atoms with van der Waals surface area (Å²) >= 11 is 0. The van der Waals surface area contributed by atoms with Crippen molar-refractivity contribution in [2.24, 2.45) is 5.73 Å². The van der Waals surface area contributed by atoms with Gasteiger partial charge in [-0.05, 0) is 37.0 Å². The van der Waals surface area contributed by atoms with Crippen LogP contribution in [0.5, 0.6) is 11.5 Å². The summed E-state index contributed by atoms with van der Waals surface area (Å²) in [6, 6.07) is 5.75. The number of hydrogen-bond acceptors (Lipinski definition) is 5. The molecular formula is C14H19NO4S. The molecule has 1 heterocycles. The number of ether oxygens (including phenoxy) is 2. The highest BCUT2D eigenvalue weighted by Gasteiger charge is 2.38. The van der Waals surface area contributed by atoms with Gasteiger partial charge in [-0.2, -0.15) is 0 Å². The first-order valence-corrected chi connectivity index (χ1v) is 8.54. The third kappa shape index (κ3) is 2.91. The van der Waals surface area contributed by atoms with Gasteiger partial charge in [-0.15, -0.1) is 0 Å². The molecule has 3 rings (SSSR count). The van der Waals surface area contributed by atoms with E-state index in [0.29, 0.717) is 11.5 Å². The third-order valence-corrected chi connectivity index (χ3v) is 5.61. The van der Waals surface area contributed by atoms with Crippen LogP contribution in [0.1, 0.15) is 18.4 Å².